The van der Waals surface area contributed by atoms with E-state index in [1.165, 1.54) is 17.0 Å². The van der Waals surface area contributed by atoms with Crippen molar-refractivity contribution in [2.75, 3.05) is 0 Å². The molecule has 0 atom stereocenters. The van der Waals surface area contributed by atoms with E-state index in [1.54, 1.807) is 23.5 Å². The van der Waals surface area contributed by atoms with Crippen LogP contribution in [0.5, 0.6) is 5.75 Å². The van der Waals surface area contributed by atoms with Crippen LogP contribution >= 0.6 is 11.3 Å². The number of nitrogens with one attached hydrogen (secondary N) is 1. The highest BCUT2D eigenvalue weighted by molar-refractivity contribution is 7.11. The largest absolute Gasteiger partial charge is 0.488 e. The second-order valence-corrected chi connectivity index (χ2v) is 5.90. The molecule has 0 fully saturated rings. The molecule has 0 aliphatic rings. The number of rotatable bonds is 6. The van der Waals surface area contributed by atoms with Crippen LogP contribution in [0.3, 0.4) is 0 Å². The van der Waals surface area contributed by atoms with Gasteiger partial charge in [-0.15, -0.1) is 11.3 Å². The quantitative estimate of drug-likeness (QED) is 0.864. The minimum Gasteiger partial charge on any atom is -0.488 e. The second-order valence-electron chi connectivity index (χ2n) is 4.65. The molecule has 2 rings (SSSR count). The van der Waals surface area contributed by atoms with E-state index in [1.807, 2.05) is 0 Å². The number of halogens is 1. The van der Waals surface area contributed by atoms with Gasteiger partial charge in [0, 0.05) is 28.4 Å². The first kappa shape index (κ1) is 14.0. The molecule has 19 heavy (non-hydrogen) atoms. The fourth-order valence-corrected chi connectivity index (χ4v) is 2.49. The van der Waals surface area contributed by atoms with Gasteiger partial charge in [0.1, 0.15) is 18.2 Å². The van der Waals surface area contributed by atoms with E-state index in [9.17, 15) is 4.39 Å². The van der Waals surface area contributed by atoms with Gasteiger partial charge in [-0.3, -0.25) is 0 Å². The van der Waals surface area contributed by atoms with Crippen LogP contribution < -0.4 is 10.1 Å². The highest BCUT2D eigenvalue weighted by Crippen LogP contribution is 2.20. The molecule has 2 nitrogen and oxygen atoms in total. The van der Waals surface area contributed by atoms with Crippen molar-refractivity contribution in [3.8, 4) is 5.75 Å². The Morgan fingerprint density at radius 2 is 2.00 bits per heavy atom. The average molecular weight is 279 g/mol. The fourth-order valence-electron chi connectivity index (χ4n) is 1.61. The SMILES string of the molecule is CC(C)NCc1ccc(COc2cccc(F)c2)s1. The van der Waals surface area contributed by atoms with Crippen LogP contribution in [0.25, 0.3) is 0 Å². The van der Waals surface area contributed by atoms with Gasteiger partial charge >= 0.3 is 0 Å². The van der Waals surface area contributed by atoms with E-state index in [0.717, 1.165) is 11.4 Å². The van der Waals surface area contributed by atoms with Gasteiger partial charge in [-0.2, -0.15) is 0 Å². The van der Waals surface area contributed by atoms with Crippen molar-refractivity contribution in [1.82, 2.24) is 5.32 Å². The summed E-state index contributed by atoms with van der Waals surface area (Å²) in [5.41, 5.74) is 0. The molecule has 0 spiro atoms. The van der Waals surface area contributed by atoms with Crippen LogP contribution in [0.1, 0.15) is 23.6 Å². The Labute approximate surface area is 117 Å². The Morgan fingerprint density at radius 1 is 1.21 bits per heavy atom. The molecule has 0 saturated heterocycles. The Kier molecular flexibility index (Phi) is 4.93. The summed E-state index contributed by atoms with van der Waals surface area (Å²) < 4.78 is 18.5. The van der Waals surface area contributed by atoms with Crippen LogP contribution in [-0.2, 0) is 13.2 Å². The van der Waals surface area contributed by atoms with Gasteiger partial charge in [-0.1, -0.05) is 19.9 Å². The molecule has 1 aromatic heterocycles. The number of hydrogen-bond acceptors (Lipinski definition) is 3. The van der Waals surface area contributed by atoms with Crippen molar-refractivity contribution in [2.24, 2.45) is 0 Å². The molecule has 2 aromatic rings. The van der Waals surface area contributed by atoms with Gasteiger partial charge in [0.15, 0.2) is 0 Å². The number of ether oxygens (including phenoxy) is 1. The summed E-state index contributed by atoms with van der Waals surface area (Å²) in [6.07, 6.45) is 0. The standard InChI is InChI=1S/C15H18FNOS/c1-11(2)17-9-14-6-7-15(19-14)10-18-13-5-3-4-12(16)8-13/h3-8,11,17H,9-10H2,1-2H3. The maximum atomic E-state index is 13.0. The Bertz CT molecular complexity index is 524. The van der Waals surface area contributed by atoms with Crippen molar-refractivity contribution >= 4 is 11.3 Å². The minimum atomic E-state index is -0.273. The second kappa shape index (κ2) is 6.68. The first-order valence-corrected chi connectivity index (χ1v) is 7.14. The normalized spacial score (nSPS) is 10.9. The van der Waals surface area contributed by atoms with E-state index >= 15 is 0 Å². The summed E-state index contributed by atoms with van der Waals surface area (Å²) in [5.74, 6) is 0.292. The third-order valence-electron chi connectivity index (χ3n) is 2.58. The van der Waals surface area contributed by atoms with Gasteiger partial charge in [0.25, 0.3) is 0 Å². The lowest BCUT2D eigenvalue weighted by Gasteiger charge is -2.06. The number of thiophene rings is 1. The third-order valence-corrected chi connectivity index (χ3v) is 3.64. The lowest BCUT2D eigenvalue weighted by atomic mass is 10.3. The summed E-state index contributed by atoms with van der Waals surface area (Å²) in [5, 5.41) is 3.38. The topological polar surface area (TPSA) is 21.3 Å². The zero-order valence-corrected chi connectivity index (χ0v) is 12.0. The van der Waals surface area contributed by atoms with Gasteiger partial charge < -0.3 is 10.1 Å². The number of benzene rings is 1. The summed E-state index contributed by atoms with van der Waals surface area (Å²) in [6.45, 7) is 5.61. The molecule has 1 heterocycles. The molecule has 0 aliphatic carbocycles. The summed E-state index contributed by atoms with van der Waals surface area (Å²) in [4.78, 5) is 2.43. The molecule has 0 radical (unpaired) electrons. The first-order chi connectivity index (χ1) is 9.13. The van der Waals surface area contributed by atoms with Crippen molar-refractivity contribution in [3.05, 3.63) is 52.0 Å². The molecule has 0 saturated carbocycles. The van der Waals surface area contributed by atoms with Crippen LogP contribution in [0.2, 0.25) is 0 Å². The molecule has 1 aromatic carbocycles. The molecule has 0 bridgehead atoms. The summed E-state index contributed by atoms with van der Waals surface area (Å²) in [6, 6.07) is 10.9. The van der Waals surface area contributed by atoms with E-state index in [4.69, 9.17) is 4.74 Å². The highest BCUT2D eigenvalue weighted by Gasteiger charge is 2.03. The Hall–Kier alpha value is -1.39. The lowest BCUT2D eigenvalue weighted by molar-refractivity contribution is 0.308. The molecular weight excluding hydrogens is 261 g/mol. The van der Waals surface area contributed by atoms with Gasteiger partial charge in [-0.05, 0) is 24.3 Å². The zero-order chi connectivity index (χ0) is 13.7. The minimum absolute atomic E-state index is 0.273. The van der Waals surface area contributed by atoms with Crippen molar-refractivity contribution < 1.29 is 9.13 Å². The smallest absolute Gasteiger partial charge is 0.126 e. The predicted octanol–water partition coefficient (Wildman–Crippen LogP) is 3.96. The van der Waals surface area contributed by atoms with Crippen LogP contribution in [0.15, 0.2) is 36.4 Å². The monoisotopic (exact) mass is 279 g/mol. The Balaban J connectivity index is 1.86. The van der Waals surface area contributed by atoms with Gasteiger partial charge in [0.05, 0.1) is 0 Å². The maximum absolute atomic E-state index is 13.0. The molecule has 0 aliphatic heterocycles. The fraction of sp³-hybridized carbons (Fsp3) is 0.333. The van der Waals surface area contributed by atoms with Gasteiger partial charge in [-0.25, -0.2) is 4.39 Å². The molecule has 1 N–H and O–H groups in total. The molecule has 0 unspecified atom stereocenters. The lowest BCUT2D eigenvalue weighted by Crippen LogP contribution is -2.21. The molecular formula is C15H18FNOS. The third kappa shape index (κ3) is 4.65. The van der Waals surface area contributed by atoms with Crippen molar-refractivity contribution in [3.63, 3.8) is 0 Å². The molecule has 4 heteroatoms. The average Bonchev–Trinajstić information content (AvgIpc) is 2.82. The van der Waals surface area contributed by atoms with Crippen LogP contribution in [0, 0.1) is 5.82 Å². The van der Waals surface area contributed by atoms with E-state index < -0.39 is 0 Å². The predicted molar refractivity (Wildman–Crippen MR) is 77.0 cm³/mol. The van der Waals surface area contributed by atoms with Crippen molar-refractivity contribution in [1.29, 1.82) is 0 Å². The van der Waals surface area contributed by atoms with E-state index in [-0.39, 0.29) is 5.82 Å². The maximum Gasteiger partial charge on any atom is 0.126 e. The highest BCUT2D eigenvalue weighted by atomic mass is 32.1. The molecule has 102 valence electrons. The van der Waals surface area contributed by atoms with Gasteiger partial charge in [0.2, 0.25) is 0 Å². The summed E-state index contributed by atoms with van der Waals surface area (Å²) >= 11 is 1.72. The van der Waals surface area contributed by atoms with Crippen LogP contribution in [-0.4, -0.2) is 6.04 Å². The molecule has 0 amide bonds. The Morgan fingerprint density at radius 3 is 2.74 bits per heavy atom. The number of hydrogen-bond donors (Lipinski definition) is 1. The zero-order valence-electron chi connectivity index (χ0n) is 11.2. The first-order valence-electron chi connectivity index (χ1n) is 6.33. The summed E-state index contributed by atoms with van der Waals surface area (Å²) in [7, 11) is 0. The van der Waals surface area contributed by atoms with Crippen LogP contribution in [0.4, 0.5) is 4.39 Å². The van der Waals surface area contributed by atoms with Crippen molar-refractivity contribution in [2.45, 2.75) is 33.0 Å². The van der Waals surface area contributed by atoms with E-state index in [0.29, 0.717) is 18.4 Å². The van der Waals surface area contributed by atoms with E-state index in [2.05, 4.69) is 31.3 Å².